The van der Waals surface area contributed by atoms with Gasteiger partial charge in [-0.1, -0.05) is 12.1 Å². The van der Waals surface area contributed by atoms with Crippen LogP contribution in [-0.4, -0.2) is 40.3 Å². The molecule has 1 saturated carbocycles. The number of rotatable bonds is 10. The Morgan fingerprint density at radius 3 is 2.22 bits per heavy atom. The maximum Gasteiger partial charge on any atom is 0.314 e. The molecule has 32 heavy (non-hydrogen) atoms. The molecule has 1 fully saturated rings. The van der Waals surface area contributed by atoms with Gasteiger partial charge in [-0.25, -0.2) is 0 Å². The largest absolute Gasteiger partial charge is 0.481 e. The molecule has 0 aromatic heterocycles. The van der Waals surface area contributed by atoms with Gasteiger partial charge in [-0.05, 0) is 102 Å². The van der Waals surface area contributed by atoms with E-state index in [0.717, 1.165) is 50.5 Å². The van der Waals surface area contributed by atoms with E-state index in [-0.39, 0.29) is 24.3 Å². The number of aliphatic hydroxyl groups is 1. The minimum atomic E-state index is -0.816. The molecule has 1 atom stereocenters. The fourth-order valence-corrected chi connectivity index (χ4v) is 3.67. The zero-order chi connectivity index (χ0) is 24.1. The van der Waals surface area contributed by atoms with E-state index in [9.17, 15) is 14.7 Å². The number of carboxylic acid groups (broad SMARTS) is 1. The van der Waals surface area contributed by atoms with Crippen LogP contribution in [0.1, 0.15) is 77.7 Å². The van der Waals surface area contributed by atoms with Gasteiger partial charge in [-0.15, -0.1) is 0 Å². The zero-order valence-electron chi connectivity index (χ0n) is 19.9. The minimum Gasteiger partial charge on any atom is -0.481 e. The van der Waals surface area contributed by atoms with Crippen LogP contribution < -0.4 is 16.2 Å². The predicted octanol–water partition coefficient (Wildman–Crippen LogP) is 3.65. The first-order valence-corrected chi connectivity index (χ1v) is 11.7. The van der Waals surface area contributed by atoms with Gasteiger partial charge < -0.3 is 26.4 Å². The number of hydrogen-bond acceptors (Lipinski definition) is 6. The molecule has 7 heteroatoms. The molecule has 1 aromatic carbocycles. The summed E-state index contributed by atoms with van der Waals surface area (Å²) in [5, 5.41) is 17.9. The van der Waals surface area contributed by atoms with Crippen LogP contribution >= 0.6 is 0 Å². The first-order chi connectivity index (χ1) is 15.0. The molecule has 0 amide bonds. The van der Waals surface area contributed by atoms with E-state index in [1.54, 1.807) is 24.3 Å². The summed E-state index contributed by atoms with van der Waals surface area (Å²) in [6.07, 6.45) is 7.11. The first-order valence-electron chi connectivity index (χ1n) is 11.7. The number of nitrogens with two attached hydrogens (primary N) is 2. The van der Waals surface area contributed by atoms with Crippen LogP contribution in [0.5, 0.6) is 5.75 Å². The third-order valence-corrected chi connectivity index (χ3v) is 5.73. The van der Waals surface area contributed by atoms with Gasteiger partial charge in [0.1, 0.15) is 5.75 Å². The Morgan fingerprint density at radius 2 is 1.75 bits per heavy atom. The molecule has 1 unspecified atom stereocenters. The highest BCUT2D eigenvalue weighted by molar-refractivity contribution is 5.75. The number of carbonyl (C=O) groups is 2. The highest BCUT2D eigenvalue weighted by atomic mass is 16.5. The summed E-state index contributed by atoms with van der Waals surface area (Å²) in [5.74, 6) is 0.0365. The van der Waals surface area contributed by atoms with Gasteiger partial charge in [0.15, 0.2) is 0 Å². The van der Waals surface area contributed by atoms with Crippen molar-refractivity contribution in [3.63, 3.8) is 0 Å². The molecule has 1 aliphatic rings. The summed E-state index contributed by atoms with van der Waals surface area (Å²) < 4.78 is 5.42. The smallest absolute Gasteiger partial charge is 0.314 e. The molecule has 0 radical (unpaired) electrons. The molecule has 6 N–H and O–H groups in total. The molecule has 0 spiro atoms. The average molecular weight is 451 g/mol. The molecular weight excluding hydrogens is 408 g/mol. The van der Waals surface area contributed by atoms with Crippen LogP contribution in [0.4, 0.5) is 0 Å². The molecule has 1 aromatic rings. The van der Waals surface area contributed by atoms with Crippen LogP contribution in [0.3, 0.4) is 0 Å². The summed E-state index contributed by atoms with van der Waals surface area (Å²) in [6.45, 7) is 6.34. The SMILES string of the molecule is CC(N)CCCC(C)(C)O.NC[C@H]1CC[C@H](C(=O)Oc2ccc(CCC(=O)O)cc2)CC1. The van der Waals surface area contributed by atoms with Crippen molar-refractivity contribution in [1.82, 2.24) is 0 Å². The van der Waals surface area contributed by atoms with Crippen molar-refractivity contribution < 1.29 is 24.5 Å². The second-order valence-electron chi connectivity index (χ2n) is 9.59. The van der Waals surface area contributed by atoms with Gasteiger partial charge in [0.05, 0.1) is 11.5 Å². The van der Waals surface area contributed by atoms with Crippen molar-refractivity contribution in [3.8, 4) is 5.75 Å². The third-order valence-electron chi connectivity index (χ3n) is 5.73. The van der Waals surface area contributed by atoms with E-state index in [4.69, 9.17) is 21.3 Å². The minimum absolute atomic E-state index is 0.0329. The fourth-order valence-electron chi connectivity index (χ4n) is 3.67. The van der Waals surface area contributed by atoms with Crippen molar-refractivity contribution >= 4 is 11.9 Å². The summed E-state index contributed by atoms with van der Waals surface area (Å²) in [5.41, 5.74) is 11.6. The lowest BCUT2D eigenvalue weighted by atomic mass is 9.82. The molecule has 182 valence electrons. The summed E-state index contributed by atoms with van der Waals surface area (Å²) >= 11 is 0. The second kappa shape index (κ2) is 14.2. The van der Waals surface area contributed by atoms with Gasteiger partial charge in [-0.3, -0.25) is 9.59 Å². The lowest BCUT2D eigenvalue weighted by Gasteiger charge is -2.26. The number of aliphatic carboxylic acids is 1. The number of aryl methyl sites for hydroxylation is 1. The summed E-state index contributed by atoms with van der Waals surface area (Å²) in [6, 6.07) is 7.32. The Morgan fingerprint density at radius 1 is 1.16 bits per heavy atom. The van der Waals surface area contributed by atoms with E-state index in [1.807, 2.05) is 20.8 Å². The molecule has 0 heterocycles. The van der Waals surface area contributed by atoms with Crippen LogP contribution in [0.2, 0.25) is 0 Å². The standard InChI is InChI=1S/C17H23NO4.C8H19NO/c18-11-13-1-6-14(7-2-13)17(21)22-15-8-3-12(4-9-15)5-10-16(19)20;1-7(9)5-4-6-8(2,3)10/h3-4,8-9,13-14H,1-2,5-7,10-11,18H2,(H,19,20);7,10H,4-6,9H2,1-3H3/t13-,14-;. The fraction of sp³-hybridized carbons (Fsp3) is 0.680. The molecule has 0 aliphatic heterocycles. The van der Waals surface area contributed by atoms with Gasteiger partial charge in [0.2, 0.25) is 0 Å². The molecule has 2 rings (SSSR count). The predicted molar refractivity (Wildman–Crippen MR) is 126 cm³/mol. The molecular formula is C25H42N2O5. The third kappa shape index (κ3) is 12.8. The first kappa shape index (κ1) is 28.1. The average Bonchev–Trinajstić information content (AvgIpc) is 2.72. The van der Waals surface area contributed by atoms with Gasteiger partial charge >= 0.3 is 11.9 Å². The molecule has 7 nitrogen and oxygen atoms in total. The topological polar surface area (TPSA) is 136 Å². The van der Waals surface area contributed by atoms with Crippen molar-refractivity contribution in [1.29, 1.82) is 0 Å². The molecule has 0 bridgehead atoms. The van der Waals surface area contributed by atoms with E-state index < -0.39 is 11.6 Å². The Labute approximate surface area is 192 Å². The molecule has 0 saturated heterocycles. The summed E-state index contributed by atoms with van der Waals surface area (Å²) in [7, 11) is 0. The maximum absolute atomic E-state index is 12.1. The van der Waals surface area contributed by atoms with Gasteiger partial charge in [0, 0.05) is 12.5 Å². The van der Waals surface area contributed by atoms with Gasteiger partial charge in [-0.2, -0.15) is 0 Å². The summed E-state index contributed by atoms with van der Waals surface area (Å²) in [4.78, 5) is 22.7. The van der Waals surface area contributed by atoms with E-state index in [1.165, 1.54) is 0 Å². The number of carbonyl (C=O) groups excluding carboxylic acids is 1. The van der Waals surface area contributed by atoms with E-state index in [0.29, 0.717) is 24.6 Å². The number of hydrogen-bond donors (Lipinski definition) is 4. The maximum atomic E-state index is 12.1. The lowest BCUT2D eigenvalue weighted by molar-refractivity contribution is -0.140. The molecule has 1 aliphatic carbocycles. The Balaban J connectivity index is 0.000000433. The Hall–Kier alpha value is -1.96. The van der Waals surface area contributed by atoms with Crippen LogP contribution in [0.25, 0.3) is 0 Å². The van der Waals surface area contributed by atoms with Crippen LogP contribution in [0.15, 0.2) is 24.3 Å². The number of ether oxygens (including phenoxy) is 1. The van der Waals surface area contributed by atoms with Crippen molar-refractivity contribution in [2.75, 3.05) is 6.54 Å². The number of benzene rings is 1. The van der Waals surface area contributed by atoms with Crippen LogP contribution in [0, 0.1) is 11.8 Å². The highest BCUT2D eigenvalue weighted by Gasteiger charge is 2.27. The lowest BCUT2D eigenvalue weighted by Crippen LogP contribution is -2.28. The Kier molecular flexibility index (Phi) is 12.5. The van der Waals surface area contributed by atoms with Crippen LogP contribution in [-0.2, 0) is 16.0 Å². The normalized spacial score (nSPS) is 19.4. The van der Waals surface area contributed by atoms with Crippen molar-refractivity contribution in [2.24, 2.45) is 23.3 Å². The van der Waals surface area contributed by atoms with Crippen molar-refractivity contribution in [3.05, 3.63) is 29.8 Å². The highest BCUT2D eigenvalue weighted by Crippen LogP contribution is 2.29. The number of esters is 1. The number of carboxylic acids is 1. The Bertz CT molecular complexity index is 675. The van der Waals surface area contributed by atoms with E-state index in [2.05, 4.69) is 0 Å². The van der Waals surface area contributed by atoms with Crippen molar-refractivity contribution in [2.45, 2.75) is 90.2 Å². The second-order valence-corrected chi connectivity index (χ2v) is 9.59. The van der Waals surface area contributed by atoms with E-state index >= 15 is 0 Å². The van der Waals surface area contributed by atoms with Gasteiger partial charge in [0.25, 0.3) is 0 Å². The quantitative estimate of drug-likeness (QED) is 0.315. The zero-order valence-corrected chi connectivity index (χ0v) is 19.9. The monoisotopic (exact) mass is 450 g/mol.